The topological polar surface area (TPSA) is 15.3 Å². The number of nitrogens with one attached hydrogen (secondary N) is 1. The summed E-state index contributed by atoms with van der Waals surface area (Å²) in [5.41, 5.74) is 2.52. The summed E-state index contributed by atoms with van der Waals surface area (Å²) in [6.07, 6.45) is -3.84. The van der Waals surface area contributed by atoms with E-state index in [1.807, 2.05) is 12.1 Å². The number of fused-ring (bicyclic) bond motifs is 1. The highest BCUT2D eigenvalue weighted by molar-refractivity contribution is 5.32. The van der Waals surface area contributed by atoms with Gasteiger partial charge in [0.25, 0.3) is 0 Å². The number of benzene rings is 1. The SMILES string of the molecule is CN(CCC(F)(F)F)CC1NCCc2ccccc21. The summed E-state index contributed by atoms with van der Waals surface area (Å²) in [6, 6.07) is 8.27. The molecule has 0 bridgehead atoms. The molecule has 19 heavy (non-hydrogen) atoms. The van der Waals surface area contributed by atoms with Gasteiger partial charge in [-0.05, 0) is 31.1 Å². The second-order valence-corrected chi connectivity index (χ2v) is 5.08. The molecule has 2 nitrogen and oxygen atoms in total. The van der Waals surface area contributed by atoms with E-state index in [-0.39, 0.29) is 12.6 Å². The number of hydrogen-bond acceptors (Lipinski definition) is 2. The van der Waals surface area contributed by atoms with Crippen LogP contribution in [0.25, 0.3) is 0 Å². The molecular formula is C14H19F3N2. The smallest absolute Gasteiger partial charge is 0.309 e. The molecule has 0 aliphatic carbocycles. The fourth-order valence-electron chi connectivity index (χ4n) is 2.48. The summed E-state index contributed by atoms with van der Waals surface area (Å²) in [4.78, 5) is 1.74. The molecule has 106 valence electrons. The maximum Gasteiger partial charge on any atom is 0.390 e. The van der Waals surface area contributed by atoms with Gasteiger partial charge in [-0.25, -0.2) is 0 Å². The highest BCUT2D eigenvalue weighted by atomic mass is 19.4. The Morgan fingerprint density at radius 1 is 1.32 bits per heavy atom. The number of likely N-dealkylation sites (N-methyl/N-ethyl adjacent to an activating group) is 1. The van der Waals surface area contributed by atoms with Crippen molar-refractivity contribution in [2.24, 2.45) is 0 Å². The highest BCUT2D eigenvalue weighted by Gasteiger charge is 2.28. The van der Waals surface area contributed by atoms with Crippen LogP contribution in [0.4, 0.5) is 13.2 Å². The van der Waals surface area contributed by atoms with E-state index in [2.05, 4.69) is 17.4 Å². The molecular weight excluding hydrogens is 253 g/mol. The van der Waals surface area contributed by atoms with Crippen LogP contribution in [-0.4, -0.2) is 37.8 Å². The molecule has 0 saturated carbocycles. The van der Waals surface area contributed by atoms with E-state index in [9.17, 15) is 13.2 Å². The summed E-state index contributed by atoms with van der Waals surface area (Å²) < 4.78 is 36.6. The first-order valence-electron chi connectivity index (χ1n) is 6.52. The normalized spacial score (nSPS) is 19.5. The zero-order chi connectivity index (χ0) is 13.9. The van der Waals surface area contributed by atoms with E-state index >= 15 is 0 Å². The Morgan fingerprint density at radius 2 is 2.05 bits per heavy atom. The zero-order valence-corrected chi connectivity index (χ0v) is 11.0. The van der Waals surface area contributed by atoms with Gasteiger partial charge in [0.2, 0.25) is 0 Å². The molecule has 0 saturated heterocycles. The van der Waals surface area contributed by atoms with Crippen molar-refractivity contribution in [2.45, 2.75) is 25.1 Å². The summed E-state index contributed by atoms with van der Waals surface area (Å²) in [7, 11) is 1.74. The van der Waals surface area contributed by atoms with E-state index in [4.69, 9.17) is 0 Å². The molecule has 0 amide bonds. The van der Waals surface area contributed by atoms with Crippen molar-refractivity contribution < 1.29 is 13.2 Å². The lowest BCUT2D eigenvalue weighted by Gasteiger charge is -2.30. The van der Waals surface area contributed by atoms with Crippen LogP contribution < -0.4 is 5.32 Å². The van der Waals surface area contributed by atoms with Crippen LogP contribution in [0, 0.1) is 0 Å². The first-order valence-corrected chi connectivity index (χ1v) is 6.52. The van der Waals surface area contributed by atoms with Gasteiger partial charge in [-0.1, -0.05) is 24.3 Å². The van der Waals surface area contributed by atoms with E-state index in [0.29, 0.717) is 6.54 Å². The molecule has 0 fully saturated rings. The van der Waals surface area contributed by atoms with Crippen molar-refractivity contribution >= 4 is 0 Å². The van der Waals surface area contributed by atoms with E-state index in [0.717, 1.165) is 13.0 Å². The third kappa shape index (κ3) is 4.21. The molecule has 0 radical (unpaired) electrons. The predicted molar refractivity (Wildman–Crippen MR) is 69.1 cm³/mol. The zero-order valence-electron chi connectivity index (χ0n) is 11.0. The van der Waals surface area contributed by atoms with Crippen LogP contribution in [0.5, 0.6) is 0 Å². The van der Waals surface area contributed by atoms with E-state index in [1.165, 1.54) is 11.1 Å². The summed E-state index contributed by atoms with van der Waals surface area (Å²) in [5, 5.41) is 3.38. The molecule has 1 heterocycles. The van der Waals surface area contributed by atoms with Gasteiger partial charge in [-0.15, -0.1) is 0 Å². The third-order valence-corrected chi connectivity index (χ3v) is 3.49. The fourth-order valence-corrected chi connectivity index (χ4v) is 2.48. The molecule has 0 aromatic heterocycles. The van der Waals surface area contributed by atoms with Gasteiger partial charge < -0.3 is 10.2 Å². The molecule has 1 aliphatic heterocycles. The molecule has 1 N–H and O–H groups in total. The van der Waals surface area contributed by atoms with Crippen LogP contribution >= 0.6 is 0 Å². The van der Waals surface area contributed by atoms with Crippen LogP contribution in [-0.2, 0) is 6.42 Å². The van der Waals surface area contributed by atoms with Gasteiger partial charge in [-0.3, -0.25) is 0 Å². The standard InChI is InChI=1S/C14H19F3N2/c1-19(9-7-14(15,16)17)10-13-12-5-3-2-4-11(12)6-8-18-13/h2-5,13,18H,6-10H2,1H3. The predicted octanol–water partition coefficient (Wildman–Crippen LogP) is 2.76. The number of hydrogen-bond donors (Lipinski definition) is 1. The minimum atomic E-state index is -4.08. The monoisotopic (exact) mass is 272 g/mol. The van der Waals surface area contributed by atoms with Crippen molar-refractivity contribution in [1.82, 2.24) is 10.2 Å². The van der Waals surface area contributed by atoms with Gasteiger partial charge in [0.15, 0.2) is 0 Å². The first-order chi connectivity index (χ1) is 8.96. The lowest BCUT2D eigenvalue weighted by atomic mass is 9.94. The first kappa shape index (κ1) is 14.3. The highest BCUT2D eigenvalue weighted by Crippen LogP contribution is 2.24. The molecule has 1 unspecified atom stereocenters. The Morgan fingerprint density at radius 3 is 2.79 bits per heavy atom. The number of rotatable bonds is 4. The summed E-state index contributed by atoms with van der Waals surface area (Å²) in [6.45, 7) is 1.53. The maximum atomic E-state index is 12.2. The Kier molecular flexibility index (Phi) is 4.47. The Labute approximate surface area is 111 Å². The van der Waals surface area contributed by atoms with Gasteiger partial charge in [0, 0.05) is 19.1 Å². The fraction of sp³-hybridized carbons (Fsp3) is 0.571. The largest absolute Gasteiger partial charge is 0.390 e. The molecule has 0 spiro atoms. The van der Waals surface area contributed by atoms with Crippen molar-refractivity contribution in [1.29, 1.82) is 0 Å². The molecule has 5 heteroatoms. The average molecular weight is 272 g/mol. The van der Waals surface area contributed by atoms with Crippen molar-refractivity contribution in [2.75, 3.05) is 26.7 Å². The summed E-state index contributed by atoms with van der Waals surface area (Å²) >= 11 is 0. The van der Waals surface area contributed by atoms with Crippen molar-refractivity contribution in [3.63, 3.8) is 0 Å². The third-order valence-electron chi connectivity index (χ3n) is 3.49. The van der Waals surface area contributed by atoms with Gasteiger partial charge >= 0.3 is 6.18 Å². The second-order valence-electron chi connectivity index (χ2n) is 5.08. The van der Waals surface area contributed by atoms with Gasteiger partial charge in [-0.2, -0.15) is 13.2 Å². The molecule has 1 aromatic rings. The van der Waals surface area contributed by atoms with Gasteiger partial charge in [0.05, 0.1) is 6.42 Å². The lowest BCUT2D eigenvalue weighted by Crippen LogP contribution is -2.38. The number of halogens is 3. The molecule has 1 aromatic carbocycles. The van der Waals surface area contributed by atoms with Gasteiger partial charge in [0.1, 0.15) is 0 Å². The van der Waals surface area contributed by atoms with Crippen molar-refractivity contribution in [3.8, 4) is 0 Å². The number of alkyl halides is 3. The summed E-state index contributed by atoms with van der Waals surface area (Å²) in [5.74, 6) is 0. The number of nitrogens with zero attached hydrogens (tertiary/aromatic N) is 1. The van der Waals surface area contributed by atoms with E-state index < -0.39 is 12.6 Å². The molecule has 1 atom stereocenters. The Balaban J connectivity index is 1.93. The average Bonchev–Trinajstić information content (AvgIpc) is 2.36. The molecule has 1 aliphatic rings. The quantitative estimate of drug-likeness (QED) is 0.906. The lowest BCUT2D eigenvalue weighted by molar-refractivity contribution is -0.137. The van der Waals surface area contributed by atoms with Crippen LogP contribution in [0.2, 0.25) is 0 Å². The maximum absolute atomic E-state index is 12.2. The Bertz CT molecular complexity index is 417. The van der Waals surface area contributed by atoms with Crippen molar-refractivity contribution in [3.05, 3.63) is 35.4 Å². The van der Waals surface area contributed by atoms with E-state index in [1.54, 1.807) is 11.9 Å². The van der Waals surface area contributed by atoms with Crippen LogP contribution in [0.3, 0.4) is 0 Å². The molecule has 2 rings (SSSR count). The van der Waals surface area contributed by atoms with Crippen LogP contribution in [0.1, 0.15) is 23.6 Å². The minimum absolute atomic E-state index is 0.0455. The second kappa shape index (κ2) is 5.92. The van der Waals surface area contributed by atoms with Crippen LogP contribution in [0.15, 0.2) is 24.3 Å². The minimum Gasteiger partial charge on any atom is -0.309 e. The Hall–Kier alpha value is -1.07.